The fraction of sp³-hybridized carbons (Fsp3) is 0.636. The first-order valence-corrected chi connectivity index (χ1v) is 6.54. The van der Waals surface area contributed by atoms with E-state index in [0.717, 1.165) is 10.7 Å². The standard InChI is InChI=1S/C11H17N3O2S/c1-8-7-17-9(14-8)6-13-10(15)11(12)2-4-16-5-3-11/h7H,2-6,12H2,1H3,(H,13,15). The lowest BCUT2D eigenvalue weighted by atomic mass is 9.90. The van der Waals surface area contributed by atoms with Crippen LogP contribution < -0.4 is 11.1 Å². The Morgan fingerprint density at radius 3 is 2.94 bits per heavy atom. The number of carbonyl (C=O) groups is 1. The first-order valence-electron chi connectivity index (χ1n) is 5.66. The van der Waals surface area contributed by atoms with Crippen molar-refractivity contribution in [2.75, 3.05) is 13.2 Å². The number of ether oxygens (including phenoxy) is 1. The molecule has 1 aliphatic heterocycles. The van der Waals surface area contributed by atoms with E-state index >= 15 is 0 Å². The summed E-state index contributed by atoms with van der Waals surface area (Å²) < 4.78 is 5.21. The minimum Gasteiger partial charge on any atom is -0.381 e. The first kappa shape index (κ1) is 12.5. The molecule has 0 aliphatic carbocycles. The lowest BCUT2D eigenvalue weighted by Gasteiger charge is -2.31. The maximum Gasteiger partial charge on any atom is 0.240 e. The third-order valence-corrected chi connectivity index (χ3v) is 3.87. The minimum absolute atomic E-state index is 0.103. The van der Waals surface area contributed by atoms with E-state index in [1.165, 1.54) is 0 Å². The molecule has 2 rings (SSSR count). The van der Waals surface area contributed by atoms with Crippen LogP contribution >= 0.6 is 11.3 Å². The highest BCUT2D eigenvalue weighted by Gasteiger charge is 2.35. The monoisotopic (exact) mass is 255 g/mol. The summed E-state index contributed by atoms with van der Waals surface area (Å²) >= 11 is 1.55. The number of nitrogens with zero attached hydrogens (tertiary/aromatic N) is 1. The second kappa shape index (κ2) is 5.12. The average Bonchev–Trinajstić information content (AvgIpc) is 2.73. The number of carbonyl (C=O) groups excluding carboxylic acids is 1. The highest BCUT2D eigenvalue weighted by molar-refractivity contribution is 7.09. The lowest BCUT2D eigenvalue weighted by molar-refractivity contribution is -0.129. The molecule has 0 atom stereocenters. The number of hydrogen-bond acceptors (Lipinski definition) is 5. The third kappa shape index (κ3) is 3.02. The van der Waals surface area contributed by atoms with Crippen LogP contribution in [-0.4, -0.2) is 29.6 Å². The molecule has 0 spiro atoms. The summed E-state index contributed by atoms with van der Waals surface area (Å²) in [7, 11) is 0. The number of rotatable bonds is 3. The predicted molar refractivity (Wildman–Crippen MR) is 65.7 cm³/mol. The van der Waals surface area contributed by atoms with Crippen LogP contribution in [0.25, 0.3) is 0 Å². The Morgan fingerprint density at radius 1 is 1.65 bits per heavy atom. The molecule has 0 saturated carbocycles. The second-order valence-electron chi connectivity index (χ2n) is 4.33. The van der Waals surface area contributed by atoms with E-state index in [4.69, 9.17) is 10.5 Å². The Kier molecular flexibility index (Phi) is 3.76. The zero-order valence-electron chi connectivity index (χ0n) is 9.86. The van der Waals surface area contributed by atoms with Crippen LogP contribution in [0.15, 0.2) is 5.38 Å². The molecule has 6 heteroatoms. The van der Waals surface area contributed by atoms with Crippen LogP contribution in [0.5, 0.6) is 0 Å². The summed E-state index contributed by atoms with van der Waals surface area (Å²) in [6, 6.07) is 0. The Morgan fingerprint density at radius 2 is 2.35 bits per heavy atom. The lowest BCUT2D eigenvalue weighted by Crippen LogP contribution is -2.56. The number of nitrogens with one attached hydrogen (secondary N) is 1. The van der Waals surface area contributed by atoms with Gasteiger partial charge in [0.25, 0.3) is 0 Å². The molecule has 0 aromatic carbocycles. The number of aryl methyl sites for hydroxylation is 1. The van der Waals surface area contributed by atoms with Gasteiger partial charge in [0.1, 0.15) is 5.01 Å². The van der Waals surface area contributed by atoms with Crippen molar-refractivity contribution in [3.05, 3.63) is 16.1 Å². The van der Waals surface area contributed by atoms with Crippen molar-refractivity contribution in [2.24, 2.45) is 5.73 Å². The fourth-order valence-electron chi connectivity index (χ4n) is 1.78. The van der Waals surface area contributed by atoms with Gasteiger partial charge in [0, 0.05) is 24.3 Å². The number of nitrogens with two attached hydrogens (primary N) is 1. The summed E-state index contributed by atoms with van der Waals surface area (Å²) in [5, 5.41) is 5.73. The smallest absolute Gasteiger partial charge is 0.240 e. The zero-order chi connectivity index (χ0) is 12.3. The predicted octanol–water partition coefficient (Wildman–Crippen LogP) is 0.576. The van der Waals surface area contributed by atoms with E-state index < -0.39 is 5.54 Å². The molecule has 1 aliphatic rings. The van der Waals surface area contributed by atoms with E-state index in [9.17, 15) is 4.79 Å². The average molecular weight is 255 g/mol. The largest absolute Gasteiger partial charge is 0.381 e. The zero-order valence-corrected chi connectivity index (χ0v) is 10.7. The molecule has 0 radical (unpaired) electrons. The molecule has 17 heavy (non-hydrogen) atoms. The summed E-state index contributed by atoms with van der Waals surface area (Å²) in [5.74, 6) is -0.103. The highest BCUT2D eigenvalue weighted by Crippen LogP contribution is 2.18. The molecule has 94 valence electrons. The molecule has 1 amide bonds. The van der Waals surface area contributed by atoms with Gasteiger partial charge >= 0.3 is 0 Å². The SMILES string of the molecule is Cc1csc(CNC(=O)C2(N)CCOCC2)n1. The van der Waals surface area contributed by atoms with Gasteiger partial charge in [0.2, 0.25) is 5.91 Å². The van der Waals surface area contributed by atoms with Gasteiger partial charge in [-0.2, -0.15) is 0 Å². The van der Waals surface area contributed by atoms with Crippen molar-refractivity contribution in [3.63, 3.8) is 0 Å². The van der Waals surface area contributed by atoms with Crippen LogP contribution in [-0.2, 0) is 16.1 Å². The number of thiazole rings is 1. The molecule has 5 nitrogen and oxygen atoms in total. The van der Waals surface area contributed by atoms with E-state index in [1.807, 2.05) is 12.3 Å². The van der Waals surface area contributed by atoms with Crippen LogP contribution in [0.4, 0.5) is 0 Å². The van der Waals surface area contributed by atoms with Crippen molar-refractivity contribution >= 4 is 17.2 Å². The van der Waals surface area contributed by atoms with Crippen molar-refractivity contribution in [2.45, 2.75) is 31.8 Å². The van der Waals surface area contributed by atoms with Crippen molar-refractivity contribution in [3.8, 4) is 0 Å². The molecule has 0 unspecified atom stereocenters. The van der Waals surface area contributed by atoms with E-state index in [-0.39, 0.29) is 5.91 Å². The van der Waals surface area contributed by atoms with E-state index in [2.05, 4.69) is 10.3 Å². The molecule has 0 bridgehead atoms. The van der Waals surface area contributed by atoms with E-state index in [1.54, 1.807) is 11.3 Å². The Bertz CT molecular complexity index is 399. The molecule has 2 heterocycles. The molecular weight excluding hydrogens is 238 g/mol. The molecule has 1 aromatic rings. The maximum atomic E-state index is 12.0. The molecule has 1 fully saturated rings. The number of hydrogen-bond donors (Lipinski definition) is 2. The van der Waals surface area contributed by atoms with Crippen LogP contribution in [0.2, 0.25) is 0 Å². The summed E-state index contributed by atoms with van der Waals surface area (Å²) in [6.45, 7) is 3.50. The van der Waals surface area contributed by atoms with Gasteiger partial charge in [0.15, 0.2) is 0 Å². The van der Waals surface area contributed by atoms with Gasteiger partial charge in [0.05, 0.1) is 12.1 Å². The van der Waals surface area contributed by atoms with Gasteiger partial charge in [-0.25, -0.2) is 4.98 Å². The van der Waals surface area contributed by atoms with Gasteiger partial charge < -0.3 is 15.8 Å². The van der Waals surface area contributed by atoms with Crippen LogP contribution in [0.3, 0.4) is 0 Å². The molecule has 3 N–H and O–H groups in total. The van der Waals surface area contributed by atoms with Crippen molar-refractivity contribution in [1.82, 2.24) is 10.3 Å². The Labute approximate surface area is 104 Å². The van der Waals surface area contributed by atoms with Gasteiger partial charge in [-0.05, 0) is 19.8 Å². The Hall–Kier alpha value is -0.980. The topological polar surface area (TPSA) is 77.2 Å². The second-order valence-corrected chi connectivity index (χ2v) is 5.28. The number of amides is 1. The minimum atomic E-state index is -0.773. The summed E-state index contributed by atoms with van der Waals surface area (Å²) in [5.41, 5.74) is 6.27. The Balaban J connectivity index is 1.88. The quantitative estimate of drug-likeness (QED) is 0.828. The van der Waals surface area contributed by atoms with Crippen molar-refractivity contribution in [1.29, 1.82) is 0 Å². The van der Waals surface area contributed by atoms with Crippen LogP contribution in [0.1, 0.15) is 23.5 Å². The van der Waals surface area contributed by atoms with Crippen molar-refractivity contribution < 1.29 is 9.53 Å². The van der Waals surface area contributed by atoms with Gasteiger partial charge in [-0.15, -0.1) is 11.3 Å². The molecule has 1 saturated heterocycles. The van der Waals surface area contributed by atoms with E-state index in [0.29, 0.717) is 32.6 Å². The highest BCUT2D eigenvalue weighted by atomic mass is 32.1. The normalized spacial score (nSPS) is 18.9. The summed E-state index contributed by atoms with van der Waals surface area (Å²) in [4.78, 5) is 16.3. The summed E-state index contributed by atoms with van der Waals surface area (Å²) in [6.07, 6.45) is 1.16. The molecule has 1 aromatic heterocycles. The molecular formula is C11H17N3O2S. The first-order chi connectivity index (χ1) is 8.10. The number of aromatic nitrogens is 1. The fourth-order valence-corrected chi connectivity index (χ4v) is 2.49. The maximum absolute atomic E-state index is 12.0. The van der Waals surface area contributed by atoms with Gasteiger partial charge in [-0.3, -0.25) is 4.79 Å². The van der Waals surface area contributed by atoms with Crippen LogP contribution in [0, 0.1) is 6.92 Å². The third-order valence-electron chi connectivity index (χ3n) is 2.90. The van der Waals surface area contributed by atoms with Gasteiger partial charge in [-0.1, -0.05) is 0 Å².